The van der Waals surface area contributed by atoms with Crippen molar-refractivity contribution in [2.24, 2.45) is 0 Å². The van der Waals surface area contributed by atoms with Gasteiger partial charge >= 0.3 is 0 Å². The van der Waals surface area contributed by atoms with Gasteiger partial charge in [-0.25, -0.2) is 0 Å². The Morgan fingerprint density at radius 3 is 1.85 bits per heavy atom. The average molecular weight is 555 g/mol. The predicted octanol–water partition coefficient (Wildman–Crippen LogP) is 8.75. The first-order chi connectivity index (χ1) is 19.5. The third-order valence-corrected chi connectivity index (χ3v) is 7.32. The SMILES string of the molecule is CCCCCCCCCCCCCCCCOc1c(OC)c(OC)cc2oc(-c3ccc(O)c(O)c3)cc(=O)c12. The molecular formula is C33H46O7. The topological polar surface area (TPSA) is 98.4 Å². The van der Waals surface area contributed by atoms with Crippen LogP contribution in [0.1, 0.15) is 96.8 Å². The van der Waals surface area contributed by atoms with E-state index in [1.807, 2.05) is 0 Å². The fourth-order valence-corrected chi connectivity index (χ4v) is 5.02. The van der Waals surface area contributed by atoms with Crippen LogP contribution < -0.4 is 19.6 Å². The summed E-state index contributed by atoms with van der Waals surface area (Å²) >= 11 is 0. The molecule has 0 saturated heterocycles. The van der Waals surface area contributed by atoms with Crippen molar-refractivity contribution in [3.63, 3.8) is 0 Å². The van der Waals surface area contributed by atoms with Crippen LogP contribution >= 0.6 is 0 Å². The van der Waals surface area contributed by atoms with E-state index in [9.17, 15) is 15.0 Å². The first-order valence-corrected chi connectivity index (χ1v) is 14.9. The number of rotatable bonds is 19. The Balaban J connectivity index is 1.53. The molecule has 2 aromatic carbocycles. The molecule has 2 N–H and O–H groups in total. The summed E-state index contributed by atoms with van der Waals surface area (Å²) in [6.07, 6.45) is 17.9. The number of fused-ring (bicyclic) bond motifs is 1. The zero-order valence-corrected chi connectivity index (χ0v) is 24.4. The molecule has 0 bridgehead atoms. The molecular weight excluding hydrogens is 508 g/mol. The zero-order valence-electron chi connectivity index (χ0n) is 24.4. The van der Waals surface area contributed by atoms with Gasteiger partial charge in [-0.1, -0.05) is 90.4 Å². The van der Waals surface area contributed by atoms with Crippen LogP contribution in [0.4, 0.5) is 0 Å². The van der Waals surface area contributed by atoms with Gasteiger partial charge in [0.25, 0.3) is 0 Å². The molecule has 1 heterocycles. The van der Waals surface area contributed by atoms with Crippen LogP contribution in [0.15, 0.2) is 39.5 Å². The van der Waals surface area contributed by atoms with Crippen LogP contribution in [0.2, 0.25) is 0 Å². The Morgan fingerprint density at radius 2 is 1.30 bits per heavy atom. The summed E-state index contributed by atoms with van der Waals surface area (Å²) in [5, 5.41) is 19.8. The predicted molar refractivity (Wildman–Crippen MR) is 160 cm³/mol. The van der Waals surface area contributed by atoms with Crippen LogP contribution in [0.5, 0.6) is 28.7 Å². The summed E-state index contributed by atoms with van der Waals surface area (Å²) in [6.45, 7) is 2.71. The van der Waals surface area contributed by atoms with Gasteiger partial charge in [0.2, 0.25) is 5.75 Å². The molecule has 0 amide bonds. The van der Waals surface area contributed by atoms with Crippen LogP contribution in [0, 0.1) is 0 Å². The van der Waals surface area contributed by atoms with Gasteiger partial charge in [0.15, 0.2) is 28.4 Å². The van der Waals surface area contributed by atoms with Crippen molar-refractivity contribution >= 4 is 11.0 Å². The Hall–Kier alpha value is -3.35. The summed E-state index contributed by atoms with van der Waals surface area (Å²) in [6, 6.07) is 7.19. The van der Waals surface area contributed by atoms with E-state index >= 15 is 0 Å². The van der Waals surface area contributed by atoms with E-state index in [0.29, 0.717) is 29.4 Å². The average Bonchev–Trinajstić information content (AvgIpc) is 2.95. The number of ether oxygens (including phenoxy) is 3. The Bertz CT molecular complexity index is 1250. The number of phenolic OH excluding ortho intramolecular Hbond substituents is 2. The third kappa shape index (κ3) is 8.83. The van der Waals surface area contributed by atoms with Gasteiger partial charge in [-0.2, -0.15) is 0 Å². The Kier molecular flexibility index (Phi) is 13.0. The highest BCUT2D eigenvalue weighted by molar-refractivity contribution is 5.90. The fraction of sp³-hybridized carbons (Fsp3) is 0.545. The van der Waals surface area contributed by atoms with Gasteiger partial charge in [0, 0.05) is 17.7 Å². The van der Waals surface area contributed by atoms with E-state index in [2.05, 4.69) is 6.92 Å². The van der Waals surface area contributed by atoms with E-state index in [1.165, 1.54) is 109 Å². The molecule has 3 aromatic rings. The number of hydrogen-bond donors (Lipinski definition) is 2. The van der Waals surface area contributed by atoms with E-state index in [0.717, 1.165) is 12.8 Å². The molecule has 0 aliphatic rings. The Morgan fingerprint density at radius 1 is 0.700 bits per heavy atom. The van der Waals surface area contributed by atoms with Gasteiger partial charge in [0.05, 0.1) is 20.8 Å². The quantitative estimate of drug-likeness (QED) is 0.113. The number of phenols is 2. The molecule has 0 radical (unpaired) electrons. The monoisotopic (exact) mass is 554 g/mol. The Labute approximate surface area is 238 Å². The van der Waals surface area contributed by atoms with Crippen molar-refractivity contribution < 1.29 is 28.8 Å². The maximum absolute atomic E-state index is 13.2. The van der Waals surface area contributed by atoms with E-state index < -0.39 is 0 Å². The largest absolute Gasteiger partial charge is 0.504 e. The second kappa shape index (κ2) is 16.7. The first-order valence-electron chi connectivity index (χ1n) is 14.9. The minimum absolute atomic E-state index is 0.248. The molecule has 0 spiro atoms. The zero-order chi connectivity index (χ0) is 28.7. The second-order valence-corrected chi connectivity index (χ2v) is 10.4. The molecule has 0 saturated carbocycles. The van der Waals surface area contributed by atoms with E-state index in [1.54, 1.807) is 12.1 Å². The van der Waals surface area contributed by atoms with Gasteiger partial charge in [-0.15, -0.1) is 0 Å². The van der Waals surface area contributed by atoms with E-state index in [-0.39, 0.29) is 33.7 Å². The summed E-state index contributed by atoms with van der Waals surface area (Å²) < 4.78 is 23.2. The molecule has 7 heteroatoms. The van der Waals surface area contributed by atoms with Gasteiger partial charge in [-0.3, -0.25) is 4.79 Å². The van der Waals surface area contributed by atoms with Crippen LogP contribution in [0.3, 0.4) is 0 Å². The fourth-order valence-electron chi connectivity index (χ4n) is 5.02. The van der Waals surface area contributed by atoms with Crippen LogP contribution in [-0.2, 0) is 0 Å². The van der Waals surface area contributed by atoms with Crippen molar-refractivity contribution in [2.45, 2.75) is 96.8 Å². The van der Waals surface area contributed by atoms with Gasteiger partial charge in [0.1, 0.15) is 16.7 Å². The lowest BCUT2D eigenvalue weighted by molar-refractivity contribution is 0.279. The first kappa shape index (κ1) is 31.2. The molecule has 40 heavy (non-hydrogen) atoms. The molecule has 0 unspecified atom stereocenters. The summed E-state index contributed by atoms with van der Waals surface area (Å²) in [4.78, 5) is 13.2. The molecule has 0 fully saturated rings. The normalized spacial score (nSPS) is 11.2. The van der Waals surface area contributed by atoms with Crippen molar-refractivity contribution in [3.05, 3.63) is 40.6 Å². The number of methoxy groups -OCH3 is 2. The lowest BCUT2D eigenvalue weighted by Crippen LogP contribution is -2.08. The van der Waals surface area contributed by atoms with Crippen molar-refractivity contribution in [2.75, 3.05) is 20.8 Å². The summed E-state index contributed by atoms with van der Waals surface area (Å²) in [7, 11) is 3.03. The van der Waals surface area contributed by atoms with Crippen molar-refractivity contribution in [3.8, 4) is 40.1 Å². The minimum Gasteiger partial charge on any atom is -0.504 e. The molecule has 7 nitrogen and oxygen atoms in total. The maximum Gasteiger partial charge on any atom is 0.204 e. The minimum atomic E-state index is -0.305. The van der Waals surface area contributed by atoms with E-state index in [4.69, 9.17) is 18.6 Å². The summed E-state index contributed by atoms with van der Waals surface area (Å²) in [5.41, 5.74) is 0.429. The number of unbranched alkanes of at least 4 members (excludes halogenated alkanes) is 13. The van der Waals surface area contributed by atoms with Gasteiger partial charge in [-0.05, 0) is 24.6 Å². The van der Waals surface area contributed by atoms with Gasteiger partial charge < -0.3 is 28.8 Å². The molecule has 1 aromatic heterocycles. The van der Waals surface area contributed by atoms with Crippen molar-refractivity contribution in [1.29, 1.82) is 0 Å². The number of benzene rings is 2. The molecule has 3 rings (SSSR count). The highest BCUT2D eigenvalue weighted by Crippen LogP contribution is 2.43. The van der Waals surface area contributed by atoms with Crippen molar-refractivity contribution in [1.82, 2.24) is 0 Å². The number of hydrogen-bond acceptors (Lipinski definition) is 7. The molecule has 0 atom stereocenters. The molecule has 0 aliphatic heterocycles. The number of aromatic hydroxyl groups is 2. The molecule has 0 aliphatic carbocycles. The smallest absolute Gasteiger partial charge is 0.204 e. The third-order valence-electron chi connectivity index (χ3n) is 7.32. The second-order valence-electron chi connectivity index (χ2n) is 10.4. The summed E-state index contributed by atoms with van der Waals surface area (Å²) in [5.74, 6) is 0.739. The van der Waals surface area contributed by atoms with Crippen LogP contribution in [0.25, 0.3) is 22.3 Å². The maximum atomic E-state index is 13.2. The standard InChI is InChI=1S/C33H46O7/c1-4-5-6-7-8-9-10-11-12-13-14-15-16-17-20-39-33-31-27(36)22-28(24-18-19-25(34)26(35)21-24)40-29(31)23-30(37-2)32(33)38-3/h18-19,21-23,34-35H,4-17,20H2,1-3H3. The lowest BCUT2D eigenvalue weighted by Gasteiger charge is -2.16. The lowest BCUT2D eigenvalue weighted by atomic mass is 10.0. The highest BCUT2D eigenvalue weighted by atomic mass is 16.5. The van der Waals surface area contributed by atoms with Crippen LogP contribution in [-0.4, -0.2) is 31.0 Å². The highest BCUT2D eigenvalue weighted by Gasteiger charge is 2.21. The molecule has 220 valence electrons.